The largest absolute Gasteiger partial charge is 0.438 e. The summed E-state index contributed by atoms with van der Waals surface area (Å²) < 4.78 is 8.08. The minimum absolute atomic E-state index is 0.163. The molecule has 5 rings (SSSR count). The maximum atomic E-state index is 13.3. The van der Waals surface area contributed by atoms with Crippen LogP contribution in [0.2, 0.25) is 0 Å². The second kappa shape index (κ2) is 8.40. The van der Waals surface area contributed by atoms with Crippen LogP contribution in [0.15, 0.2) is 108 Å². The van der Waals surface area contributed by atoms with Crippen LogP contribution in [0.5, 0.6) is 11.6 Å². The van der Waals surface area contributed by atoms with Gasteiger partial charge >= 0.3 is 0 Å². The molecule has 0 aliphatic rings. The van der Waals surface area contributed by atoms with E-state index in [2.05, 4.69) is 10.3 Å². The Morgan fingerprint density at radius 3 is 2.12 bits per heavy atom. The summed E-state index contributed by atoms with van der Waals surface area (Å²) in [5, 5.41) is 3.83. The monoisotopic (exact) mass is 419 g/mol. The van der Waals surface area contributed by atoms with Gasteiger partial charge in [-0.2, -0.15) is 0 Å². The van der Waals surface area contributed by atoms with Crippen molar-refractivity contribution in [1.82, 2.24) is 9.55 Å². The molecule has 0 amide bonds. The fourth-order valence-corrected chi connectivity index (χ4v) is 3.72. The van der Waals surface area contributed by atoms with Gasteiger partial charge in [0.05, 0.1) is 5.52 Å². The van der Waals surface area contributed by atoms with Crippen LogP contribution >= 0.6 is 0 Å². The first-order chi connectivity index (χ1) is 15.7. The smallest absolute Gasteiger partial charge is 0.232 e. The van der Waals surface area contributed by atoms with Crippen molar-refractivity contribution in [3.05, 3.63) is 119 Å². The standard InChI is InChI=1S/C27H21N3O2/c1-19-17-23-26(27(28-19)32-22-15-9-4-10-16-22)24(31)18-25(29-20-11-5-2-6-12-20)30(23)21-13-7-3-8-14-21/h2-18,29H,1H3. The van der Waals surface area contributed by atoms with Crippen molar-refractivity contribution in [2.75, 3.05) is 5.32 Å². The van der Waals surface area contributed by atoms with Gasteiger partial charge in [0.2, 0.25) is 5.88 Å². The molecule has 2 heterocycles. The van der Waals surface area contributed by atoms with E-state index in [1.165, 1.54) is 0 Å². The highest BCUT2D eigenvalue weighted by Gasteiger charge is 2.17. The average molecular weight is 419 g/mol. The SMILES string of the molecule is Cc1cc2c(c(Oc3ccccc3)n1)c(=O)cc(Nc1ccccc1)n2-c1ccccc1. The number of hydrogen-bond acceptors (Lipinski definition) is 4. The van der Waals surface area contributed by atoms with Crippen LogP contribution in [0, 0.1) is 6.92 Å². The first kappa shape index (κ1) is 19.6. The van der Waals surface area contributed by atoms with Crippen molar-refractivity contribution in [2.24, 2.45) is 0 Å². The number of ether oxygens (including phenoxy) is 1. The summed E-state index contributed by atoms with van der Waals surface area (Å²) in [5.74, 6) is 1.59. The molecule has 0 bridgehead atoms. The number of anilines is 2. The molecule has 0 aliphatic heterocycles. The highest BCUT2D eigenvalue weighted by Crippen LogP contribution is 2.31. The third-order valence-corrected chi connectivity index (χ3v) is 5.11. The molecule has 0 aliphatic carbocycles. The second-order valence-corrected chi connectivity index (χ2v) is 7.43. The molecule has 0 saturated heterocycles. The minimum Gasteiger partial charge on any atom is -0.438 e. The zero-order chi connectivity index (χ0) is 21.9. The number of pyridine rings is 2. The lowest BCUT2D eigenvalue weighted by Crippen LogP contribution is -2.14. The minimum atomic E-state index is -0.163. The van der Waals surface area contributed by atoms with Gasteiger partial charge in [-0.05, 0) is 49.4 Å². The molecule has 5 heteroatoms. The Morgan fingerprint density at radius 2 is 1.44 bits per heavy atom. The van der Waals surface area contributed by atoms with Crippen molar-refractivity contribution in [3.63, 3.8) is 0 Å². The highest BCUT2D eigenvalue weighted by atomic mass is 16.5. The number of rotatable bonds is 5. The van der Waals surface area contributed by atoms with Crippen LogP contribution in [0.1, 0.15) is 5.69 Å². The maximum absolute atomic E-state index is 13.3. The van der Waals surface area contributed by atoms with Gasteiger partial charge in [-0.15, -0.1) is 0 Å². The Labute approximate surface area is 185 Å². The summed E-state index contributed by atoms with van der Waals surface area (Å²) in [7, 11) is 0. The van der Waals surface area contributed by atoms with E-state index in [1.807, 2.05) is 109 Å². The summed E-state index contributed by atoms with van der Waals surface area (Å²) in [6.45, 7) is 1.90. The zero-order valence-electron chi connectivity index (χ0n) is 17.5. The molecule has 32 heavy (non-hydrogen) atoms. The number of nitrogens with one attached hydrogen (secondary N) is 1. The molecule has 0 unspecified atom stereocenters. The van der Waals surface area contributed by atoms with Gasteiger partial charge in [-0.1, -0.05) is 54.6 Å². The average Bonchev–Trinajstić information content (AvgIpc) is 2.81. The van der Waals surface area contributed by atoms with Gasteiger partial charge < -0.3 is 10.1 Å². The molecular formula is C27H21N3O2. The third kappa shape index (κ3) is 3.84. The molecule has 0 spiro atoms. The fraction of sp³-hybridized carbons (Fsp3) is 0.0370. The summed E-state index contributed by atoms with van der Waals surface area (Å²) in [5.41, 5.74) is 3.13. The molecule has 0 fully saturated rings. The number of nitrogens with zero attached hydrogens (tertiary/aromatic N) is 2. The predicted molar refractivity (Wildman–Crippen MR) is 128 cm³/mol. The van der Waals surface area contributed by atoms with E-state index in [9.17, 15) is 4.79 Å². The van der Waals surface area contributed by atoms with Crippen molar-refractivity contribution in [3.8, 4) is 17.3 Å². The van der Waals surface area contributed by atoms with E-state index in [-0.39, 0.29) is 5.43 Å². The van der Waals surface area contributed by atoms with Gasteiger partial charge in [-0.3, -0.25) is 9.36 Å². The van der Waals surface area contributed by atoms with E-state index in [0.29, 0.717) is 22.8 Å². The summed E-state index contributed by atoms with van der Waals surface area (Å²) in [6, 6.07) is 32.6. The van der Waals surface area contributed by atoms with Crippen LogP contribution in [-0.2, 0) is 0 Å². The Bertz CT molecular complexity index is 1430. The molecular weight excluding hydrogens is 398 g/mol. The van der Waals surface area contributed by atoms with Gasteiger partial charge in [-0.25, -0.2) is 4.98 Å². The van der Waals surface area contributed by atoms with Gasteiger partial charge in [0, 0.05) is 23.1 Å². The number of hydrogen-bond donors (Lipinski definition) is 1. The van der Waals surface area contributed by atoms with Crippen LogP contribution in [-0.4, -0.2) is 9.55 Å². The van der Waals surface area contributed by atoms with Gasteiger partial charge in [0.15, 0.2) is 5.43 Å². The summed E-state index contributed by atoms with van der Waals surface area (Å²) >= 11 is 0. The lowest BCUT2D eigenvalue weighted by atomic mass is 10.2. The first-order valence-electron chi connectivity index (χ1n) is 10.4. The maximum Gasteiger partial charge on any atom is 0.232 e. The number of benzene rings is 3. The molecule has 2 aromatic heterocycles. The Morgan fingerprint density at radius 1 is 0.812 bits per heavy atom. The predicted octanol–water partition coefficient (Wildman–Crippen LogP) is 6.23. The number of aromatic nitrogens is 2. The van der Waals surface area contributed by atoms with E-state index in [0.717, 1.165) is 22.6 Å². The summed E-state index contributed by atoms with van der Waals surface area (Å²) in [4.78, 5) is 17.9. The highest BCUT2D eigenvalue weighted by molar-refractivity contribution is 5.88. The number of para-hydroxylation sites is 3. The van der Waals surface area contributed by atoms with Crippen LogP contribution in [0.3, 0.4) is 0 Å². The van der Waals surface area contributed by atoms with Crippen LogP contribution in [0.4, 0.5) is 11.5 Å². The van der Waals surface area contributed by atoms with E-state index in [1.54, 1.807) is 6.07 Å². The molecule has 0 radical (unpaired) electrons. The molecule has 0 saturated carbocycles. The Kier molecular flexibility index (Phi) is 5.14. The fourth-order valence-electron chi connectivity index (χ4n) is 3.72. The van der Waals surface area contributed by atoms with Crippen LogP contribution in [0.25, 0.3) is 16.6 Å². The second-order valence-electron chi connectivity index (χ2n) is 7.43. The molecule has 1 N–H and O–H groups in total. The van der Waals surface area contributed by atoms with E-state index >= 15 is 0 Å². The quantitative estimate of drug-likeness (QED) is 0.367. The van der Waals surface area contributed by atoms with Gasteiger partial charge in [0.25, 0.3) is 0 Å². The number of fused-ring (bicyclic) bond motifs is 1. The number of aryl methyl sites for hydroxylation is 1. The Hall–Kier alpha value is -4.38. The lowest BCUT2D eigenvalue weighted by molar-refractivity contribution is 0.467. The van der Waals surface area contributed by atoms with E-state index in [4.69, 9.17) is 4.74 Å². The Balaban J connectivity index is 1.78. The third-order valence-electron chi connectivity index (χ3n) is 5.11. The van der Waals surface area contributed by atoms with Crippen LogP contribution < -0.4 is 15.5 Å². The normalized spacial score (nSPS) is 10.8. The molecule has 5 aromatic rings. The van der Waals surface area contributed by atoms with E-state index < -0.39 is 0 Å². The molecule has 0 atom stereocenters. The zero-order valence-corrected chi connectivity index (χ0v) is 17.5. The first-order valence-corrected chi connectivity index (χ1v) is 10.4. The van der Waals surface area contributed by atoms with Gasteiger partial charge in [0.1, 0.15) is 17.0 Å². The molecule has 5 nitrogen and oxygen atoms in total. The molecule has 156 valence electrons. The van der Waals surface area contributed by atoms with Crippen molar-refractivity contribution >= 4 is 22.4 Å². The van der Waals surface area contributed by atoms with Crippen molar-refractivity contribution in [2.45, 2.75) is 6.92 Å². The lowest BCUT2D eigenvalue weighted by Gasteiger charge is -2.19. The molecule has 3 aromatic carbocycles. The van der Waals surface area contributed by atoms with Crippen molar-refractivity contribution < 1.29 is 4.74 Å². The summed E-state index contributed by atoms with van der Waals surface area (Å²) in [6.07, 6.45) is 0. The topological polar surface area (TPSA) is 56.1 Å². The van der Waals surface area contributed by atoms with Crippen molar-refractivity contribution in [1.29, 1.82) is 0 Å².